The Labute approximate surface area is 440 Å². The van der Waals surface area contributed by atoms with E-state index in [0.29, 0.717) is 17.4 Å². The molecule has 9 heteroatoms. The summed E-state index contributed by atoms with van der Waals surface area (Å²) in [5.41, 5.74) is 0. The summed E-state index contributed by atoms with van der Waals surface area (Å²) < 4.78 is 22.6. The van der Waals surface area contributed by atoms with Crippen LogP contribution in [0.25, 0.3) is 0 Å². The molecule has 0 bridgehead atoms. The normalized spacial score (nSPS) is 13.7. The lowest BCUT2D eigenvalue weighted by atomic mass is 10.0. The highest BCUT2D eigenvalue weighted by Gasteiger charge is 2.22. The lowest BCUT2D eigenvalue weighted by Crippen LogP contribution is -2.44. The van der Waals surface area contributed by atoms with Crippen LogP contribution >= 0.6 is 0 Å². The van der Waals surface area contributed by atoms with Gasteiger partial charge in [-0.3, -0.25) is 9.59 Å². The number of allylic oxidation sites excluding steroid dienone is 20. The van der Waals surface area contributed by atoms with Crippen LogP contribution in [0.15, 0.2) is 122 Å². The molecule has 408 valence electrons. The molecule has 0 radical (unpaired) electrons. The molecule has 0 aromatic heterocycles. The molecule has 0 aromatic carbocycles. The molecule has 0 aliphatic carbocycles. The van der Waals surface area contributed by atoms with Crippen molar-refractivity contribution in [2.75, 3.05) is 47.5 Å². The number of nitrogens with zero attached hydrogens (tertiary/aromatic N) is 1. The van der Waals surface area contributed by atoms with E-state index in [1.165, 1.54) is 57.8 Å². The van der Waals surface area contributed by atoms with Crippen molar-refractivity contribution in [3.63, 3.8) is 0 Å². The average molecular weight is 1000 g/mol. The Kier molecular flexibility index (Phi) is 49.8. The quantitative estimate of drug-likeness (QED) is 0.0195. The first-order valence-electron chi connectivity index (χ1n) is 28.2. The van der Waals surface area contributed by atoms with Crippen LogP contribution in [0.3, 0.4) is 0 Å². The minimum atomic E-state index is -1.63. The van der Waals surface area contributed by atoms with Crippen molar-refractivity contribution < 1.29 is 42.9 Å². The zero-order valence-corrected chi connectivity index (χ0v) is 46.2. The zero-order chi connectivity index (χ0) is 52.7. The minimum absolute atomic E-state index is 0.137. The molecule has 0 amide bonds. The van der Waals surface area contributed by atoms with E-state index in [1.807, 2.05) is 21.1 Å². The van der Waals surface area contributed by atoms with Crippen molar-refractivity contribution in [2.45, 2.75) is 212 Å². The summed E-state index contributed by atoms with van der Waals surface area (Å²) in [6, 6.07) is 0. The predicted octanol–water partition coefficient (Wildman–Crippen LogP) is 15.2. The molecule has 0 aliphatic heterocycles. The smallest absolute Gasteiger partial charge is 0.306 e. The Morgan fingerprint density at radius 3 is 1.18 bits per heavy atom. The molecule has 72 heavy (non-hydrogen) atoms. The monoisotopic (exact) mass is 1000 g/mol. The highest BCUT2D eigenvalue weighted by atomic mass is 16.7. The second-order valence-electron chi connectivity index (χ2n) is 19.5. The number of esters is 2. The molecular weight excluding hydrogens is 899 g/mol. The molecule has 0 saturated heterocycles. The fourth-order valence-corrected chi connectivity index (χ4v) is 7.15. The summed E-state index contributed by atoms with van der Waals surface area (Å²) >= 11 is 0. The van der Waals surface area contributed by atoms with E-state index in [1.54, 1.807) is 0 Å². The van der Waals surface area contributed by atoms with Gasteiger partial charge in [-0.2, -0.15) is 0 Å². The van der Waals surface area contributed by atoms with Gasteiger partial charge >= 0.3 is 11.9 Å². The number of hydrogen-bond donors (Lipinski definition) is 0. The Morgan fingerprint density at radius 2 is 0.792 bits per heavy atom. The van der Waals surface area contributed by atoms with Gasteiger partial charge in [0.05, 0.1) is 40.3 Å². The largest absolute Gasteiger partial charge is 0.545 e. The van der Waals surface area contributed by atoms with Crippen molar-refractivity contribution in [2.24, 2.45) is 0 Å². The molecule has 0 saturated carbocycles. The van der Waals surface area contributed by atoms with Gasteiger partial charge in [-0.1, -0.05) is 219 Å². The highest BCUT2D eigenvalue weighted by Crippen LogP contribution is 2.14. The van der Waals surface area contributed by atoms with Gasteiger partial charge in [0.2, 0.25) is 0 Å². The third-order valence-electron chi connectivity index (χ3n) is 11.5. The Balaban J connectivity index is 4.28. The molecule has 0 spiro atoms. The van der Waals surface area contributed by atoms with Crippen molar-refractivity contribution in [1.82, 2.24) is 0 Å². The molecule has 2 unspecified atom stereocenters. The van der Waals surface area contributed by atoms with Crippen LogP contribution in [0, 0.1) is 0 Å². The number of carbonyl (C=O) groups is 3. The van der Waals surface area contributed by atoms with E-state index in [9.17, 15) is 19.5 Å². The maximum absolute atomic E-state index is 12.8. The van der Waals surface area contributed by atoms with E-state index < -0.39 is 24.3 Å². The third kappa shape index (κ3) is 53.5. The van der Waals surface area contributed by atoms with E-state index in [4.69, 9.17) is 18.9 Å². The van der Waals surface area contributed by atoms with Crippen LogP contribution in [0.1, 0.15) is 200 Å². The number of quaternary nitrogens is 1. The Bertz CT molecular complexity index is 1590. The lowest BCUT2D eigenvalue weighted by molar-refractivity contribution is -0.870. The van der Waals surface area contributed by atoms with E-state index in [-0.39, 0.29) is 38.6 Å². The van der Waals surface area contributed by atoms with Gasteiger partial charge < -0.3 is 33.3 Å². The number of rotatable bonds is 50. The third-order valence-corrected chi connectivity index (χ3v) is 11.5. The maximum atomic E-state index is 12.8. The van der Waals surface area contributed by atoms with Gasteiger partial charge in [-0.25, -0.2) is 0 Å². The van der Waals surface area contributed by atoms with Crippen LogP contribution in [-0.2, 0) is 33.3 Å². The molecule has 0 aromatic rings. The van der Waals surface area contributed by atoms with Crippen molar-refractivity contribution >= 4 is 17.9 Å². The summed E-state index contributed by atoms with van der Waals surface area (Å²) in [6.07, 6.45) is 71.1. The van der Waals surface area contributed by atoms with Crippen LogP contribution in [0.4, 0.5) is 0 Å². The molecule has 0 rings (SSSR count). The number of aliphatic carboxylic acids is 1. The second kappa shape index (κ2) is 53.0. The Morgan fingerprint density at radius 1 is 0.431 bits per heavy atom. The molecule has 0 heterocycles. The van der Waals surface area contributed by atoms with E-state index in [0.717, 1.165) is 109 Å². The molecular formula is C63H103NO8. The van der Waals surface area contributed by atoms with Crippen LogP contribution < -0.4 is 5.11 Å². The summed E-state index contributed by atoms with van der Waals surface area (Å²) in [5, 5.41) is 11.7. The molecule has 0 aliphatic rings. The maximum Gasteiger partial charge on any atom is 0.306 e. The highest BCUT2D eigenvalue weighted by molar-refractivity contribution is 5.70. The van der Waals surface area contributed by atoms with Crippen LogP contribution in [0.5, 0.6) is 0 Å². The van der Waals surface area contributed by atoms with Crippen molar-refractivity contribution in [1.29, 1.82) is 0 Å². The van der Waals surface area contributed by atoms with Crippen molar-refractivity contribution in [3.05, 3.63) is 122 Å². The first-order chi connectivity index (χ1) is 35.1. The number of unbranched alkanes of at least 4 members (excludes halogenated alkanes) is 15. The number of hydrogen-bond acceptors (Lipinski definition) is 8. The van der Waals surface area contributed by atoms with Crippen LogP contribution in [-0.4, -0.2) is 82.3 Å². The molecule has 0 N–H and O–H groups in total. The number of carboxylic acids is 1. The van der Waals surface area contributed by atoms with Gasteiger partial charge in [0.25, 0.3) is 0 Å². The second-order valence-corrected chi connectivity index (χ2v) is 19.5. The van der Waals surface area contributed by atoms with Gasteiger partial charge in [0.1, 0.15) is 13.2 Å². The minimum Gasteiger partial charge on any atom is -0.545 e. The topological polar surface area (TPSA) is 111 Å². The van der Waals surface area contributed by atoms with Crippen molar-refractivity contribution in [3.8, 4) is 0 Å². The summed E-state index contributed by atoms with van der Waals surface area (Å²) in [5.74, 6) is -2.33. The van der Waals surface area contributed by atoms with Gasteiger partial charge in [0.15, 0.2) is 12.4 Å². The fraction of sp³-hybridized carbons (Fsp3) is 0.635. The SMILES string of the molecule is CC/C=C\C/C=C\C/C=C\C/C=C\C/C=C\C/C=C\C/C=C\C/C=C\C/C=C\C/C=C\CCCCCCC(=O)OC(COC(=O)CCCCCCCCCCCCCC)COC(OCC[N+](C)(C)C)C(=O)[O-]. The van der Waals surface area contributed by atoms with Gasteiger partial charge in [0, 0.05) is 12.8 Å². The predicted molar refractivity (Wildman–Crippen MR) is 301 cm³/mol. The first-order valence-corrected chi connectivity index (χ1v) is 28.2. The van der Waals surface area contributed by atoms with E-state index >= 15 is 0 Å². The fourth-order valence-electron chi connectivity index (χ4n) is 7.15. The number of carboxylic acid groups (broad SMARTS) is 1. The average Bonchev–Trinajstić information content (AvgIpc) is 3.35. The Hall–Kier alpha value is -4.31. The molecule has 9 nitrogen and oxygen atoms in total. The molecule has 0 fully saturated rings. The number of carbonyl (C=O) groups excluding carboxylic acids is 3. The standard InChI is InChI=1S/C63H103NO8/c1-6-8-10-12-14-16-18-20-21-22-23-24-25-26-27-28-29-30-31-32-33-34-35-36-37-38-39-40-41-42-44-46-48-50-52-54-61(66)72-59(58-71-63(62(67)68)69-56-55-64(3,4)5)57-70-60(65)53-51-49-47-45-43-19-17-15-13-11-9-7-2/h8,10,14,16,20-21,23-24,26-27,29-30,32-33,35-36,38-39,41-42,59,63H,6-7,9,11-13,15,17-19,22,25,28,31,34,37,40,43-58H2,1-5H3/b10-8-,16-14-,21-20-,24-23-,27-26-,30-29-,33-32-,36-35-,39-38-,42-41-. The number of ether oxygens (including phenoxy) is 4. The van der Waals surface area contributed by atoms with Gasteiger partial charge in [-0.05, 0) is 89.9 Å². The van der Waals surface area contributed by atoms with E-state index in [2.05, 4.69) is 135 Å². The zero-order valence-electron chi connectivity index (χ0n) is 46.2. The number of likely N-dealkylation sites (N-methyl/N-ethyl adjacent to an activating group) is 1. The lowest BCUT2D eigenvalue weighted by Gasteiger charge is -2.26. The summed E-state index contributed by atoms with van der Waals surface area (Å²) in [4.78, 5) is 37.1. The van der Waals surface area contributed by atoms with Crippen LogP contribution in [0.2, 0.25) is 0 Å². The molecule has 2 atom stereocenters. The first kappa shape index (κ1) is 67.7. The summed E-state index contributed by atoms with van der Waals surface area (Å²) in [7, 11) is 5.90. The summed E-state index contributed by atoms with van der Waals surface area (Å²) in [6.45, 7) is 4.57. The van der Waals surface area contributed by atoms with Gasteiger partial charge in [-0.15, -0.1) is 0 Å².